The van der Waals surface area contributed by atoms with Crippen LogP contribution in [0.2, 0.25) is 0 Å². The average Bonchev–Trinajstić information content (AvgIpc) is 2.32. The molecule has 0 aliphatic carbocycles. The van der Waals surface area contributed by atoms with E-state index in [1.165, 1.54) is 39.1 Å². The van der Waals surface area contributed by atoms with Crippen molar-refractivity contribution in [2.75, 3.05) is 45.8 Å². The van der Waals surface area contributed by atoms with Gasteiger partial charge in [-0.15, -0.1) is 0 Å². The van der Waals surface area contributed by atoms with E-state index in [1.54, 1.807) is 0 Å². The first-order valence-electron chi connectivity index (χ1n) is 7.32. The number of hydrogen-bond acceptors (Lipinski definition) is 3. The molecule has 0 rings (SSSR count). The van der Waals surface area contributed by atoms with Gasteiger partial charge in [-0.25, -0.2) is 0 Å². The Morgan fingerprint density at radius 3 is 1.82 bits per heavy atom. The molecule has 0 aromatic carbocycles. The summed E-state index contributed by atoms with van der Waals surface area (Å²) in [4.78, 5) is 5.04. The molecule has 0 atom stereocenters. The Balaban J connectivity index is 3.60. The van der Waals surface area contributed by atoms with Gasteiger partial charge in [-0.2, -0.15) is 0 Å². The lowest BCUT2D eigenvalue weighted by Gasteiger charge is -2.23. The van der Waals surface area contributed by atoms with Crippen molar-refractivity contribution in [3.8, 4) is 0 Å². The summed E-state index contributed by atoms with van der Waals surface area (Å²) in [7, 11) is 0. The van der Waals surface area contributed by atoms with E-state index < -0.39 is 0 Å². The molecular formula is C14H33N3. The van der Waals surface area contributed by atoms with Crippen LogP contribution in [0.3, 0.4) is 0 Å². The Morgan fingerprint density at radius 1 is 0.824 bits per heavy atom. The van der Waals surface area contributed by atoms with E-state index in [2.05, 4.69) is 49.7 Å². The summed E-state index contributed by atoms with van der Waals surface area (Å²) in [6.07, 6.45) is 1.29. The van der Waals surface area contributed by atoms with E-state index in [9.17, 15) is 0 Å². The molecule has 0 unspecified atom stereocenters. The third kappa shape index (κ3) is 9.57. The molecule has 0 amide bonds. The van der Waals surface area contributed by atoms with Crippen molar-refractivity contribution in [1.82, 2.24) is 15.1 Å². The third-order valence-corrected chi connectivity index (χ3v) is 3.27. The molecule has 0 spiro atoms. The maximum absolute atomic E-state index is 3.48. The molecule has 0 aromatic rings. The molecule has 3 heteroatoms. The van der Waals surface area contributed by atoms with Crippen LogP contribution in [0.1, 0.15) is 41.0 Å². The smallest absolute Gasteiger partial charge is 0.0107 e. The van der Waals surface area contributed by atoms with Crippen LogP contribution in [0.4, 0.5) is 0 Å². The number of nitrogens with zero attached hydrogens (tertiary/aromatic N) is 2. The lowest BCUT2D eigenvalue weighted by molar-refractivity contribution is 0.242. The molecule has 1 N–H and O–H groups in total. The molecule has 0 heterocycles. The van der Waals surface area contributed by atoms with E-state index in [0.717, 1.165) is 13.1 Å². The number of likely N-dealkylation sites (N-methyl/N-ethyl adjacent to an activating group) is 1. The first-order valence-corrected chi connectivity index (χ1v) is 7.32. The lowest BCUT2D eigenvalue weighted by atomic mass is 10.3. The first kappa shape index (κ1) is 16.9. The largest absolute Gasteiger partial charge is 0.313 e. The minimum Gasteiger partial charge on any atom is -0.313 e. The molecule has 0 bridgehead atoms. The Bertz CT molecular complexity index is 156. The van der Waals surface area contributed by atoms with Gasteiger partial charge in [-0.1, -0.05) is 34.6 Å². The van der Waals surface area contributed by atoms with E-state index in [4.69, 9.17) is 0 Å². The standard InChI is InChI=1S/C14H33N3/c1-6-16(7-2)11-9-12-17(8-3)13-10-15-14(4)5/h14-15H,6-13H2,1-5H3. The molecule has 0 saturated carbocycles. The van der Waals surface area contributed by atoms with Crippen molar-refractivity contribution in [3.05, 3.63) is 0 Å². The lowest BCUT2D eigenvalue weighted by Crippen LogP contribution is -2.36. The summed E-state index contributed by atoms with van der Waals surface area (Å²) >= 11 is 0. The summed E-state index contributed by atoms with van der Waals surface area (Å²) in [5.41, 5.74) is 0. The summed E-state index contributed by atoms with van der Waals surface area (Å²) in [6.45, 7) is 19.4. The van der Waals surface area contributed by atoms with E-state index in [1.807, 2.05) is 0 Å². The molecule has 17 heavy (non-hydrogen) atoms. The maximum Gasteiger partial charge on any atom is 0.0107 e. The van der Waals surface area contributed by atoms with Crippen LogP contribution in [0, 0.1) is 0 Å². The minimum absolute atomic E-state index is 0.601. The predicted octanol–water partition coefficient (Wildman–Crippen LogP) is 2.04. The Morgan fingerprint density at radius 2 is 1.35 bits per heavy atom. The monoisotopic (exact) mass is 243 g/mol. The number of nitrogens with one attached hydrogen (secondary N) is 1. The van der Waals surface area contributed by atoms with Crippen LogP contribution < -0.4 is 5.32 Å². The highest BCUT2D eigenvalue weighted by Crippen LogP contribution is 1.95. The molecule has 0 aliphatic rings. The average molecular weight is 243 g/mol. The molecule has 3 nitrogen and oxygen atoms in total. The fraction of sp³-hybridized carbons (Fsp3) is 1.00. The SMILES string of the molecule is CCN(CC)CCCN(CC)CCNC(C)C. The van der Waals surface area contributed by atoms with Crippen LogP contribution in [-0.4, -0.2) is 61.7 Å². The molecule has 0 aliphatic heterocycles. The Hall–Kier alpha value is -0.120. The van der Waals surface area contributed by atoms with Crippen LogP contribution in [-0.2, 0) is 0 Å². The van der Waals surface area contributed by atoms with Crippen molar-refractivity contribution in [1.29, 1.82) is 0 Å². The van der Waals surface area contributed by atoms with Gasteiger partial charge in [0, 0.05) is 19.1 Å². The summed E-state index contributed by atoms with van der Waals surface area (Å²) in [5, 5.41) is 3.48. The first-order chi connectivity index (χ1) is 8.13. The van der Waals surface area contributed by atoms with Crippen molar-refractivity contribution in [2.45, 2.75) is 47.1 Å². The Labute approximate surface area is 109 Å². The van der Waals surface area contributed by atoms with Crippen LogP contribution in [0.5, 0.6) is 0 Å². The van der Waals surface area contributed by atoms with E-state index in [0.29, 0.717) is 6.04 Å². The summed E-state index contributed by atoms with van der Waals surface area (Å²) in [5.74, 6) is 0. The molecule has 0 fully saturated rings. The topological polar surface area (TPSA) is 18.5 Å². The van der Waals surface area contributed by atoms with E-state index in [-0.39, 0.29) is 0 Å². The second kappa shape index (κ2) is 11.0. The van der Waals surface area contributed by atoms with E-state index >= 15 is 0 Å². The Kier molecular flexibility index (Phi) is 10.9. The quantitative estimate of drug-likeness (QED) is 0.599. The van der Waals surface area contributed by atoms with Gasteiger partial charge in [-0.3, -0.25) is 0 Å². The molecule has 0 aromatic heterocycles. The fourth-order valence-corrected chi connectivity index (χ4v) is 2.00. The maximum atomic E-state index is 3.48. The fourth-order valence-electron chi connectivity index (χ4n) is 2.00. The molecule has 0 saturated heterocycles. The third-order valence-electron chi connectivity index (χ3n) is 3.27. The highest BCUT2D eigenvalue weighted by molar-refractivity contribution is 4.62. The van der Waals surface area contributed by atoms with Crippen molar-refractivity contribution in [2.24, 2.45) is 0 Å². The van der Waals surface area contributed by atoms with Crippen LogP contribution in [0.15, 0.2) is 0 Å². The predicted molar refractivity (Wildman–Crippen MR) is 77.7 cm³/mol. The van der Waals surface area contributed by atoms with Crippen molar-refractivity contribution >= 4 is 0 Å². The minimum atomic E-state index is 0.601. The van der Waals surface area contributed by atoms with Gasteiger partial charge in [0.05, 0.1) is 0 Å². The molecule has 0 radical (unpaired) electrons. The highest BCUT2D eigenvalue weighted by Gasteiger charge is 2.04. The zero-order valence-corrected chi connectivity index (χ0v) is 12.6. The van der Waals surface area contributed by atoms with Gasteiger partial charge in [0.15, 0.2) is 0 Å². The van der Waals surface area contributed by atoms with Crippen molar-refractivity contribution < 1.29 is 0 Å². The highest BCUT2D eigenvalue weighted by atomic mass is 15.1. The summed E-state index contributed by atoms with van der Waals surface area (Å²) in [6, 6.07) is 0.601. The van der Waals surface area contributed by atoms with Gasteiger partial charge in [0.25, 0.3) is 0 Å². The zero-order valence-electron chi connectivity index (χ0n) is 12.6. The number of rotatable bonds is 11. The molecular weight excluding hydrogens is 210 g/mol. The molecule has 104 valence electrons. The number of hydrogen-bond donors (Lipinski definition) is 1. The van der Waals surface area contributed by atoms with Gasteiger partial charge < -0.3 is 15.1 Å². The second-order valence-corrected chi connectivity index (χ2v) is 4.92. The van der Waals surface area contributed by atoms with Gasteiger partial charge in [-0.05, 0) is 39.1 Å². The van der Waals surface area contributed by atoms with Crippen LogP contribution in [0.25, 0.3) is 0 Å². The van der Waals surface area contributed by atoms with Gasteiger partial charge in [0.2, 0.25) is 0 Å². The summed E-state index contributed by atoms with van der Waals surface area (Å²) < 4.78 is 0. The van der Waals surface area contributed by atoms with Crippen molar-refractivity contribution in [3.63, 3.8) is 0 Å². The zero-order chi connectivity index (χ0) is 13.1. The van der Waals surface area contributed by atoms with Gasteiger partial charge >= 0.3 is 0 Å². The van der Waals surface area contributed by atoms with Gasteiger partial charge in [0.1, 0.15) is 0 Å². The van der Waals surface area contributed by atoms with Crippen LogP contribution >= 0.6 is 0 Å². The second-order valence-electron chi connectivity index (χ2n) is 4.92. The normalized spacial score (nSPS) is 12.0.